The molecule has 0 aliphatic carbocycles. The molecule has 2 aromatic carbocycles. The molecule has 0 bridgehead atoms. The van der Waals surface area contributed by atoms with E-state index in [1.54, 1.807) is 12.1 Å². The first-order valence-electron chi connectivity index (χ1n) is 6.28. The van der Waals surface area contributed by atoms with Crippen molar-refractivity contribution in [2.24, 2.45) is 0 Å². The number of nitriles is 1. The number of ketones is 1. The zero-order valence-corrected chi connectivity index (χ0v) is 10.9. The van der Waals surface area contributed by atoms with Crippen LogP contribution in [0.2, 0.25) is 0 Å². The highest BCUT2D eigenvalue weighted by Crippen LogP contribution is 2.10. The molecule has 94 valence electrons. The number of benzene rings is 2. The summed E-state index contributed by atoms with van der Waals surface area (Å²) in [6.45, 7) is 2.00. The number of nitrogens with zero attached hydrogens (tertiary/aromatic N) is 1. The van der Waals surface area contributed by atoms with Crippen LogP contribution in [0.5, 0.6) is 0 Å². The van der Waals surface area contributed by atoms with Crippen molar-refractivity contribution in [1.29, 1.82) is 5.26 Å². The predicted octanol–water partition coefficient (Wildman–Crippen LogP) is 3.68. The van der Waals surface area contributed by atoms with Gasteiger partial charge in [-0.05, 0) is 31.0 Å². The zero-order chi connectivity index (χ0) is 13.7. The Hall–Kier alpha value is -2.40. The lowest BCUT2D eigenvalue weighted by atomic mass is 10.0. The van der Waals surface area contributed by atoms with Gasteiger partial charge in [0.2, 0.25) is 0 Å². The van der Waals surface area contributed by atoms with E-state index in [9.17, 15) is 4.79 Å². The van der Waals surface area contributed by atoms with Crippen molar-refractivity contribution < 1.29 is 4.79 Å². The van der Waals surface area contributed by atoms with Gasteiger partial charge in [0.15, 0.2) is 5.78 Å². The summed E-state index contributed by atoms with van der Waals surface area (Å²) in [5.74, 6) is 0.157. The fraction of sp³-hybridized carbons (Fsp3) is 0.176. The average Bonchev–Trinajstić information content (AvgIpc) is 2.46. The fourth-order valence-corrected chi connectivity index (χ4v) is 1.89. The summed E-state index contributed by atoms with van der Waals surface area (Å²) in [5.41, 5.74) is 3.65. The maximum atomic E-state index is 12.0. The molecule has 0 aromatic heterocycles. The monoisotopic (exact) mass is 249 g/mol. The van der Waals surface area contributed by atoms with Crippen LogP contribution in [-0.2, 0) is 6.42 Å². The first-order valence-corrected chi connectivity index (χ1v) is 6.28. The highest BCUT2D eigenvalue weighted by Gasteiger charge is 2.05. The number of hydrogen-bond donors (Lipinski definition) is 0. The number of carbonyl (C=O) groups is 1. The Morgan fingerprint density at radius 2 is 1.68 bits per heavy atom. The molecular formula is C17H15NO. The topological polar surface area (TPSA) is 40.9 Å². The summed E-state index contributed by atoms with van der Waals surface area (Å²) in [5, 5.41) is 8.71. The molecule has 2 aromatic rings. The van der Waals surface area contributed by atoms with Crippen LogP contribution in [0.25, 0.3) is 0 Å². The van der Waals surface area contributed by atoms with Crippen molar-refractivity contribution in [2.75, 3.05) is 0 Å². The van der Waals surface area contributed by atoms with Crippen LogP contribution in [0.1, 0.15) is 33.5 Å². The van der Waals surface area contributed by atoms with E-state index >= 15 is 0 Å². The van der Waals surface area contributed by atoms with Gasteiger partial charge in [-0.3, -0.25) is 4.79 Å². The van der Waals surface area contributed by atoms with Crippen LogP contribution in [0, 0.1) is 18.3 Å². The lowest BCUT2D eigenvalue weighted by Gasteiger charge is -2.02. The third-order valence-electron chi connectivity index (χ3n) is 3.10. The molecule has 0 fully saturated rings. The highest BCUT2D eigenvalue weighted by molar-refractivity contribution is 5.96. The summed E-state index contributed by atoms with van der Waals surface area (Å²) in [4.78, 5) is 12.0. The van der Waals surface area contributed by atoms with E-state index in [1.165, 1.54) is 0 Å². The Balaban J connectivity index is 1.96. The quantitative estimate of drug-likeness (QED) is 0.775. The van der Waals surface area contributed by atoms with E-state index in [-0.39, 0.29) is 5.78 Å². The van der Waals surface area contributed by atoms with Crippen LogP contribution in [0.3, 0.4) is 0 Å². The van der Waals surface area contributed by atoms with Crippen molar-refractivity contribution in [2.45, 2.75) is 19.8 Å². The maximum Gasteiger partial charge on any atom is 0.163 e. The SMILES string of the molecule is Cc1ccc(C(=O)CCc2ccc(C#N)cc2)cc1. The second kappa shape index (κ2) is 5.97. The standard InChI is InChI=1S/C17H15NO/c1-13-2-9-16(10-3-13)17(19)11-8-14-4-6-15(12-18)7-5-14/h2-7,9-10H,8,11H2,1H3. The maximum absolute atomic E-state index is 12.0. The normalized spacial score (nSPS) is 9.89. The summed E-state index contributed by atoms with van der Waals surface area (Å²) < 4.78 is 0. The van der Waals surface area contributed by atoms with Gasteiger partial charge in [0.1, 0.15) is 0 Å². The van der Waals surface area contributed by atoms with Crippen LogP contribution >= 0.6 is 0 Å². The van der Waals surface area contributed by atoms with Crippen molar-refractivity contribution in [3.8, 4) is 6.07 Å². The molecule has 0 saturated heterocycles. The van der Waals surface area contributed by atoms with Gasteiger partial charge >= 0.3 is 0 Å². The third kappa shape index (κ3) is 3.53. The van der Waals surface area contributed by atoms with Gasteiger partial charge in [-0.1, -0.05) is 42.0 Å². The molecule has 0 atom stereocenters. The first kappa shape index (κ1) is 13.0. The predicted molar refractivity (Wildman–Crippen MR) is 75.0 cm³/mol. The molecule has 0 aliphatic heterocycles. The lowest BCUT2D eigenvalue weighted by Crippen LogP contribution is -2.01. The zero-order valence-electron chi connectivity index (χ0n) is 10.9. The fourth-order valence-electron chi connectivity index (χ4n) is 1.89. The van der Waals surface area contributed by atoms with Crippen molar-refractivity contribution >= 4 is 5.78 Å². The molecule has 0 aliphatic rings. The Bertz CT molecular complexity index is 603. The molecule has 2 rings (SSSR count). The van der Waals surface area contributed by atoms with Gasteiger partial charge in [0, 0.05) is 12.0 Å². The molecule has 2 heteroatoms. The number of Topliss-reactive ketones (excluding diaryl/α,β-unsaturated/α-hetero) is 1. The number of rotatable bonds is 4. The molecule has 0 amide bonds. The van der Waals surface area contributed by atoms with Gasteiger partial charge in [-0.25, -0.2) is 0 Å². The van der Waals surface area contributed by atoms with E-state index < -0.39 is 0 Å². The van der Waals surface area contributed by atoms with Crippen molar-refractivity contribution in [3.63, 3.8) is 0 Å². The van der Waals surface area contributed by atoms with E-state index in [1.807, 2.05) is 43.3 Å². The van der Waals surface area contributed by atoms with Crippen LogP contribution < -0.4 is 0 Å². The van der Waals surface area contributed by atoms with E-state index in [2.05, 4.69) is 6.07 Å². The molecular weight excluding hydrogens is 234 g/mol. The minimum Gasteiger partial charge on any atom is -0.294 e. The third-order valence-corrected chi connectivity index (χ3v) is 3.10. The molecule has 0 heterocycles. The van der Waals surface area contributed by atoms with E-state index in [4.69, 9.17) is 5.26 Å². The van der Waals surface area contributed by atoms with Crippen LogP contribution in [-0.4, -0.2) is 5.78 Å². The van der Waals surface area contributed by atoms with Gasteiger partial charge < -0.3 is 0 Å². The highest BCUT2D eigenvalue weighted by atomic mass is 16.1. The van der Waals surface area contributed by atoms with E-state index in [0.717, 1.165) is 16.7 Å². The molecule has 0 saturated carbocycles. The summed E-state index contributed by atoms with van der Waals surface area (Å²) in [6, 6.07) is 17.1. The summed E-state index contributed by atoms with van der Waals surface area (Å²) in [7, 11) is 0. The number of aryl methyl sites for hydroxylation is 2. The minimum absolute atomic E-state index is 0.157. The molecule has 0 unspecified atom stereocenters. The Morgan fingerprint density at radius 1 is 1.05 bits per heavy atom. The second-order valence-corrected chi connectivity index (χ2v) is 4.60. The van der Waals surface area contributed by atoms with Crippen LogP contribution in [0.4, 0.5) is 0 Å². The van der Waals surface area contributed by atoms with Crippen molar-refractivity contribution in [1.82, 2.24) is 0 Å². The van der Waals surface area contributed by atoms with Crippen molar-refractivity contribution in [3.05, 3.63) is 70.8 Å². The first-order chi connectivity index (χ1) is 9.19. The van der Waals surface area contributed by atoms with Gasteiger partial charge in [0.05, 0.1) is 11.6 Å². The molecule has 2 nitrogen and oxygen atoms in total. The van der Waals surface area contributed by atoms with Crippen LogP contribution in [0.15, 0.2) is 48.5 Å². The largest absolute Gasteiger partial charge is 0.294 e. The second-order valence-electron chi connectivity index (χ2n) is 4.60. The molecule has 0 spiro atoms. The Labute approximate surface area is 113 Å². The number of hydrogen-bond acceptors (Lipinski definition) is 2. The Morgan fingerprint density at radius 3 is 2.26 bits per heavy atom. The summed E-state index contributed by atoms with van der Waals surface area (Å²) >= 11 is 0. The minimum atomic E-state index is 0.157. The molecule has 19 heavy (non-hydrogen) atoms. The molecule has 0 radical (unpaired) electrons. The number of carbonyl (C=O) groups excluding carboxylic acids is 1. The lowest BCUT2D eigenvalue weighted by molar-refractivity contribution is 0.0983. The van der Waals surface area contributed by atoms with E-state index in [0.29, 0.717) is 18.4 Å². The van der Waals surface area contributed by atoms with Gasteiger partial charge in [0.25, 0.3) is 0 Å². The van der Waals surface area contributed by atoms with Gasteiger partial charge in [-0.15, -0.1) is 0 Å². The molecule has 0 N–H and O–H groups in total. The Kier molecular flexibility index (Phi) is 4.10. The average molecular weight is 249 g/mol. The van der Waals surface area contributed by atoms with Gasteiger partial charge in [-0.2, -0.15) is 5.26 Å². The summed E-state index contributed by atoms with van der Waals surface area (Å²) in [6.07, 6.45) is 1.20. The smallest absolute Gasteiger partial charge is 0.163 e.